The van der Waals surface area contributed by atoms with Crippen molar-refractivity contribution >= 4 is 11.6 Å². The summed E-state index contributed by atoms with van der Waals surface area (Å²) in [5, 5.41) is 0. The van der Waals surface area contributed by atoms with Gasteiger partial charge in [-0.05, 0) is 25.2 Å². The Bertz CT molecular complexity index is 102. The van der Waals surface area contributed by atoms with Gasteiger partial charge in [0.25, 0.3) is 0 Å². The van der Waals surface area contributed by atoms with E-state index in [1.165, 1.54) is 25.7 Å². The fourth-order valence-electron chi connectivity index (χ4n) is 1.96. The van der Waals surface area contributed by atoms with Gasteiger partial charge in [-0.15, -0.1) is 11.6 Å². The van der Waals surface area contributed by atoms with E-state index in [-0.39, 0.29) is 4.87 Å². The highest BCUT2D eigenvalue weighted by atomic mass is 35.5. The molecule has 0 aliphatic rings. The van der Waals surface area contributed by atoms with Gasteiger partial charge in [0.2, 0.25) is 0 Å². The van der Waals surface area contributed by atoms with Crippen molar-refractivity contribution in [1.82, 2.24) is 0 Å². The second-order valence-electron chi connectivity index (χ2n) is 4.25. The van der Waals surface area contributed by atoms with Gasteiger partial charge >= 0.3 is 0 Å². The molecule has 0 rings (SSSR count). The monoisotopic (exact) mass is 190 g/mol. The molecule has 0 aromatic heterocycles. The second kappa shape index (κ2) is 5.85. The van der Waals surface area contributed by atoms with Crippen molar-refractivity contribution in [2.75, 3.05) is 0 Å². The summed E-state index contributed by atoms with van der Waals surface area (Å²) in [5.74, 6) is 0.723. The van der Waals surface area contributed by atoms with Crippen LogP contribution >= 0.6 is 11.6 Å². The highest BCUT2D eigenvalue weighted by molar-refractivity contribution is 6.23. The molecular formula is C11H23Cl. The molecule has 0 aliphatic carbocycles. The van der Waals surface area contributed by atoms with Gasteiger partial charge in [0, 0.05) is 4.87 Å². The summed E-state index contributed by atoms with van der Waals surface area (Å²) < 4.78 is 0. The van der Waals surface area contributed by atoms with E-state index in [2.05, 4.69) is 27.7 Å². The highest BCUT2D eigenvalue weighted by Gasteiger charge is 2.25. The molecule has 74 valence electrons. The first kappa shape index (κ1) is 12.3. The van der Waals surface area contributed by atoms with Crippen LogP contribution in [-0.2, 0) is 0 Å². The molecule has 0 radical (unpaired) electrons. The van der Waals surface area contributed by atoms with Gasteiger partial charge < -0.3 is 0 Å². The first-order chi connectivity index (χ1) is 5.54. The molecule has 0 amide bonds. The topological polar surface area (TPSA) is 0 Å². The van der Waals surface area contributed by atoms with Crippen LogP contribution in [0.25, 0.3) is 0 Å². The number of alkyl halides is 1. The average molecular weight is 191 g/mol. The van der Waals surface area contributed by atoms with Crippen molar-refractivity contribution in [3.8, 4) is 0 Å². The Balaban J connectivity index is 3.98. The molecule has 0 saturated heterocycles. The summed E-state index contributed by atoms with van der Waals surface area (Å²) in [4.78, 5) is 0.0949. The summed E-state index contributed by atoms with van der Waals surface area (Å²) >= 11 is 6.53. The van der Waals surface area contributed by atoms with Crippen LogP contribution in [0.3, 0.4) is 0 Å². The van der Waals surface area contributed by atoms with Crippen LogP contribution in [0.4, 0.5) is 0 Å². The smallest absolute Gasteiger partial charge is 0.0449 e. The maximum absolute atomic E-state index is 6.53. The Morgan fingerprint density at radius 3 is 1.75 bits per heavy atom. The van der Waals surface area contributed by atoms with Gasteiger partial charge in [0.05, 0.1) is 0 Å². The average Bonchev–Trinajstić information content (AvgIpc) is 1.85. The van der Waals surface area contributed by atoms with Crippen LogP contribution in [0.1, 0.15) is 59.8 Å². The standard InChI is InChI=1S/C11H23Cl/c1-5-7-11(12,8-6-2)9-10(3)4/h10H,5-9H2,1-4H3. The SMILES string of the molecule is CCCC(Cl)(CCC)CC(C)C. The minimum atomic E-state index is 0.0949. The second-order valence-corrected chi connectivity index (χ2v) is 5.05. The van der Waals surface area contributed by atoms with Gasteiger partial charge in [0.1, 0.15) is 0 Å². The Morgan fingerprint density at radius 2 is 1.50 bits per heavy atom. The van der Waals surface area contributed by atoms with Crippen molar-refractivity contribution in [3.05, 3.63) is 0 Å². The van der Waals surface area contributed by atoms with Crippen LogP contribution < -0.4 is 0 Å². The van der Waals surface area contributed by atoms with Crippen LogP contribution in [0.2, 0.25) is 0 Å². The summed E-state index contributed by atoms with van der Waals surface area (Å²) in [7, 11) is 0. The number of halogens is 1. The van der Waals surface area contributed by atoms with Crippen molar-refractivity contribution < 1.29 is 0 Å². The van der Waals surface area contributed by atoms with Gasteiger partial charge in [-0.3, -0.25) is 0 Å². The summed E-state index contributed by atoms with van der Waals surface area (Å²) in [6, 6.07) is 0. The Hall–Kier alpha value is 0.290. The van der Waals surface area contributed by atoms with Crippen LogP contribution in [0.5, 0.6) is 0 Å². The molecule has 0 aliphatic heterocycles. The molecule has 0 aromatic carbocycles. The van der Waals surface area contributed by atoms with E-state index in [9.17, 15) is 0 Å². The molecule has 12 heavy (non-hydrogen) atoms. The third kappa shape index (κ3) is 5.03. The first-order valence-electron chi connectivity index (χ1n) is 5.23. The van der Waals surface area contributed by atoms with E-state index in [0.717, 1.165) is 12.3 Å². The van der Waals surface area contributed by atoms with E-state index in [1.807, 2.05) is 0 Å². The van der Waals surface area contributed by atoms with Crippen LogP contribution in [0, 0.1) is 5.92 Å². The first-order valence-corrected chi connectivity index (χ1v) is 5.60. The lowest BCUT2D eigenvalue weighted by atomic mass is 9.88. The largest absolute Gasteiger partial charge is 0.119 e. The Kier molecular flexibility index (Phi) is 6.00. The minimum Gasteiger partial charge on any atom is -0.119 e. The molecule has 0 heterocycles. The molecule has 0 unspecified atom stereocenters. The lowest BCUT2D eigenvalue weighted by Gasteiger charge is -2.28. The van der Waals surface area contributed by atoms with Crippen LogP contribution in [0.15, 0.2) is 0 Å². The summed E-state index contributed by atoms with van der Waals surface area (Å²) in [6.45, 7) is 8.94. The Morgan fingerprint density at radius 1 is 1.08 bits per heavy atom. The summed E-state index contributed by atoms with van der Waals surface area (Å²) in [5.41, 5.74) is 0. The zero-order valence-electron chi connectivity index (χ0n) is 8.99. The zero-order valence-corrected chi connectivity index (χ0v) is 9.75. The molecule has 1 heteroatoms. The van der Waals surface area contributed by atoms with E-state index < -0.39 is 0 Å². The lowest BCUT2D eigenvalue weighted by molar-refractivity contribution is 0.390. The van der Waals surface area contributed by atoms with Gasteiger partial charge in [-0.1, -0.05) is 40.5 Å². The third-order valence-electron chi connectivity index (χ3n) is 2.17. The fraction of sp³-hybridized carbons (Fsp3) is 1.00. The van der Waals surface area contributed by atoms with E-state index in [4.69, 9.17) is 11.6 Å². The summed E-state index contributed by atoms with van der Waals surface area (Å²) in [6.07, 6.45) is 5.91. The number of hydrogen-bond donors (Lipinski definition) is 0. The molecule has 0 aromatic rings. The fourth-order valence-corrected chi connectivity index (χ4v) is 2.64. The highest BCUT2D eigenvalue weighted by Crippen LogP contribution is 2.33. The molecule has 0 nitrogen and oxygen atoms in total. The van der Waals surface area contributed by atoms with Crippen LogP contribution in [-0.4, -0.2) is 4.87 Å². The van der Waals surface area contributed by atoms with Crippen molar-refractivity contribution in [3.63, 3.8) is 0 Å². The van der Waals surface area contributed by atoms with Crippen molar-refractivity contribution in [2.24, 2.45) is 5.92 Å². The molecule has 0 fully saturated rings. The molecule has 0 spiro atoms. The van der Waals surface area contributed by atoms with Crippen molar-refractivity contribution in [2.45, 2.75) is 64.7 Å². The predicted octanol–water partition coefficient (Wildman–Crippen LogP) is 4.61. The zero-order chi connectivity index (χ0) is 9.61. The molecule has 0 N–H and O–H groups in total. The van der Waals surface area contributed by atoms with Crippen molar-refractivity contribution in [1.29, 1.82) is 0 Å². The third-order valence-corrected chi connectivity index (χ3v) is 2.70. The molecule has 0 bridgehead atoms. The molecule has 0 saturated carbocycles. The lowest BCUT2D eigenvalue weighted by Crippen LogP contribution is -2.23. The van der Waals surface area contributed by atoms with E-state index in [1.54, 1.807) is 0 Å². The maximum atomic E-state index is 6.53. The van der Waals surface area contributed by atoms with Gasteiger partial charge in [0.15, 0.2) is 0 Å². The normalized spacial score (nSPS) is 12.5. The molecular weight excluding hydrogens is 168 g/mol. The Labute approximate surface area is 82.7 Å². The van der Waals surface area contributed by atoms with E-state index in [0.29, 0.717) is 0 Å². The quantitative estimate of drug-likeness (QED) is 0.537. The minimum absolute atomic E-state index is 0.0949. The number of hydrogen-bond acceptors (Lipinski definition) is 0. The maximum Gasteiger partial charge on any atom is 0.0449 e. The molecule has 0 atom stereocenters. The number of rotatable bonds is 6. The van der Waals surface area contributed by atoms with Gasteiger partial charge in [-0.2, -0.15) is 0 Å². The predicted molar refractivity (Wildman–Crippen MR) is 57.9 cm³/mol. The van der Waals surface area contributed by atoms with E-state index >= 15 is 0 Å². The van der Waals surface area contributed by atoms with Gasteiger partial charge in [-0.25, -0.2) is 0 Å².